The largest absolute Gasteiger partial charge is 0.449 e. The summed E-state index contributed by atoms with van der Waals surface area (Å²) in [6.07, 6.45) is 1.00. The molecule has 0 radical (unpaired) electrons. The number of aliphatic hydroxyl groups is 2. The van der Waals surface area contributed by atoms with Gasteiger partial charge in [0.1, 0.15) is 5.75 Å². The van der Waals surface area contributed by atoms with E-state index in [0.717, 1.165) is 12.1 Å². The molecule has 160 valence electrons. The van der Waals surface area contributed by atoms with E-state index in [9.17, 15) is 10.2 Å². The number of aryl methyl sites for hydroxylation is 1. The summed E-state index contributed by atoms with van der Waals surface area (Å²) in [4.78, 5) is 2.06. The third-order valence-corrected chi connectivity index (χ3v) is 4.77. The summed E-state index contributed by atoms with van der Waals surface area (Å²) in [6.45, 7) is 7.77. The van der Waals surface area contributed by atoms with Crippen LogP contribution in [-0.4, -0.2) is 35.8 Å². The number of hydrogen-bond acceptors (Lipinski definition) is 5. The van der Waals surface area contributed by atoms with Crippen LogP contribution >= 0.6 is 0 Å². The van der Waals surface area contributed by atoms with Crippen LogP contribution in [0.4, 0.5) is 5.69 Å². The van der Waals surface area contributed by atoms with Gasteiger partial charge in [0.25, 0.3) is 5.91 Å². The molecule has 29 heavy (non-hydrogen) atoms. The van der Waals surface area contributed by atoms with Crippen LogP contribution < -0.4 is 15.0 Å². The molecule has 2 atom stereocenters. The van der Waals surface area contributed by atoms with Crippen LogP contribution in [0.3, 0.4) is 0 Å². The fraction of sp³-hybridized carbons (Fsp3) is 0.500. The van der Waals surface area contributed by atoms with Crippen molar-refractivity contribution >= 4 is 5.69 Å². The Morgan fingerprint density at radius 2 is 1.66 bits per heavy atom. The molecule has 0 aliphatic rings. The summed E-state index contributed by atoms with van der Waals surface area (Å²) in [5, 5.41) is 24.8. The van der Waals surface area contributed by atoms with Crippen molar-refractivity contribution in [3.8, 4) is 5.75 Å². The lowest BCUT2D eigenvalue weighted by atomic mass is 10.00. The molecule has 0 amide bonds. The minimum Gasteiger partial charge on any atom is -0.449 e. The van der Waals surface area contributed by atoms with Gasteiger partial charge in [0.2, 0.25) is 0 Å². The summed E-state index contributed by atoms with van der Waals surface area (Å²) in [6, 6.07) is 15.7. The van der Waals surface area contributed by atoms with E-state index in [1.807, 2.05) is 60.0 Å². The molecular weight excluding hydrogens is 364 g/mol. The molecular formula is C24H36N2O3. The fourth-order valence-corrected chi connectivity index (χ4v) is 3.22. The van der Waals surface area contributed by atoms with Crippen LogP contribution in [0.5, 0.6) is 5.75 Å². The molecule has 0 spiro atoms. The zero-order valence-corrected chi connectivity index (χ0v) is 18.6. The topological polar surface area (TPSA) is 65.0 Å². The number of nitrogens with one attached hydrogen (secondary N) is 1. The Hall–Kier alpha value is -2.08. The van der Waals surface area contributed by atoms with E-state index >= 15 is 0 Å². The number of benzene rings is 2. The van der Waals surface area contributed by atoms with Crippen LogP contribution in [0.1, 0.15) is 57.8 Å². The normalized spacial score (nSPS) is 14.9. The molecule has 2 aromatic carbocycles. The summed E-state index contributed by atoms with van der Waals surface area (Å²) in [5.74, 6) is -1.01. The molecule has 2 unspecified atom stereocenters. The van der Waals surface area contributed by atoms with Gasteiger partial charge in [-0.25, -0.2) is 0 Å². The lowest BCUT2D eigenvalue weighted by molar-refractivity contribution is -0.178. The van der Waals surface area contributed by atoms with Crippen molar-refractivity contribution in [2.24, 2.45) is 0 Å². The molecule has 0 bridgehead atoms. The Labute approximate surface area is 175 Å². The highest BCUT2D eigenvalue weighted by Crippen LogP contribution is 2.31. The first-order valence-corrected chi connectivity index (χ1v) is 10.3. The number of nitrogens with zero attached hydrogens (tertiary/aromatic N) is 1. The van der Waals surface area contributed by atoms with Crippen molar-refractivity contribution < 1.29 is 14.9 Å². The van der Waals surface area contributed by atoms with E-state index in [1.165, 1.54) is 5.56 Å². The second-order valence-corrected chi connectivity index (χ2v) is 8.77. The minimum absolute atomic E-state index is 0.322. The van der Waals surface area contributed by atoms with Gasteiger partial charge in [0.15, 0.2) is 0 Å². The van der Waals surface area contributed by atoms with E-state index in [0.29, 0.717) is 24.2 Å². The molecule has 0 saturated heterocycles. The number of anilines is 1. The van der Waals surface area contributed by atoms with Gasteiger partial charge in [-0.1, -0.05) is 37.3 Å². The number of aliphatic hydroxyl groups excluding tert-OH is 1. The van der Waals surface area contributed by atoms with Gasteiger partial charge in [-0.05, 0) is 57.4 Å². The molecule has 5 heteroatoms. The van der Waals surface area contributed by atoms with E-state index in [1.54, 1.807) is 6.07 Å². The lowest BCUT2D eigenvalue weighted by Gasteiger charge is -2.36. The summed E-state index contributed by atoms with van der Waals surface area (Å²) >= 11 is 0. The minimum atomic E-state index is -1.50. The molecule has 3 N–H and O–H groups in total. The molecule has 0 aliphatic carbocycles. The average Bonchev–Trinajstić information content (AvgIpc) is 2.65. The summed E-state index contributed by atoms with van der Waals surface area (Å²) < 4.78 is 5.95. The maximum absolute atomic E-state index is 10.9. The molecule has 5 nitrogen and oxygen atoms in total. The maximum Gasteiger partial charge on any atom is 0.268 e. The van der Waals surface area contributed by atoms with Crippen molar-refractivity contribution in [3.05, 3.63) is 59.7 Å². The van der Waals surface area contributed by atoms with Gasteiger partial charge in [0, 0.05) is 37.3 Å². The Balaban J connectivity index is 2.10. The van der Waals surface area contributed by atoms with Gasteiger partial charge in [-0.3, -0.25) is 5.32 Å². The molecule has 0 aliphatic heterocycles. The quantitative estimate of drug-likeness (QED) is 0.550. The third kappa shape index (κ3) is 7.03. The number of ether oxygens (including phenoxy) is 1. The summed E-state index contributed by atoms with van der Waals surface area (Å²) in [5.41, 5.74) is 2.68. The van der Waals surface area contributed by atoms with Gasteiger partial charge in [-0.15, -0.1) is 0 Å². The number of rotatable bonds is 9. The van der Waals surface area contributed by atoms with Crippen molar-refractivity contribution in [2.75, 3.05) is 19.0 Å². The number of hydrogen-bond donors (Lipinski definition) is 3. The Morgan fingerprint density at radius 3 is 2.21 bits per heavy atom. The monoisotopic (exact) mass is 400 g/mol. The first-order chi connectivity index (χ1) is 13.5. The van der Waals surface area contributed by atoms with E-state index < -0.39 is 12.0 Å². The van der Waals surface area contributed by atoms with E-state index in [4.69, 9.17) is 4.74 Å². The average molecular weight is 401 g/mol. The van der Waals surface area contributed by atoms with Gasteiger partial charge in [0.05, 0.1) is 6.10 Å². The zero-order valence-electron chi connectivity index (χ0n) is 18.6. The van der Waals surface area contributed by atoms with Crippen LogP contribution in [0, 0.1) is 0 Å². The van der Waals surface area contributed by atoms with Crippen molar-refractivity contribution in [1.82, 2.24) is 5.32 Å². The Bertz CT molecular complexity index is 768. The predicted octanol–water partition coefficient (Wildman–Crippen LogP) is 4.24. The standard InChI is InChI=1S/C24H36N2O3/c1-7-24(28,25-23(2,3)4)29-22-11-9-8-10-20(22)21(27)17-14-18-12-15-19(16-13-18)26(5)6/h8-13,15-16,21,25,27-28H,7,14,17H2,1-6H3. The molecule has 2 aromatic rings. The third-order valence-electron chi connectivity index (χ3n) is 4.77. The fourth-order valence-electron chi connectivity index (χ4n) is 3.22. The number of para-hydroxylation sites is 1. The molecule has 0 heterocycles. The highest BCUT2D eigenvalue weighted by molar-refractivity contribution is 5.46. The first kappa shape index (κ1) is 23.2. The van der Waals surface area contributed by atoms with Crippen LogP contribution in [0.2, 0.25) is 0 Å². The molecule has 0 saturated carbocycles. The Morgan fingerprint density at radius 1 is 1.03 bits per heavy atom. The van der Waals surface area contributed by atoms with Crippen LogP contribution in [-0.2, 0) is 6.42 Å². The van der Waals surface area contributed by atoms with Crippen LogP contribution in [0.25, 0.3) is 0 Å². The highest BCUT2D eigenvalue weighted by atomic mass is 16.6. The zero-order chi connectivity index (χ0) is 21.7. The van der Waals surface area contributed by atoms with E-state index in [-0.39, 0.29) is 5.54 Å². The van der Waals surface area contributed by atoms with Crippen molar-refractivity contribution in [1.29, 1.82) is 0 Å². The van der Waals surface area contributed by atoms with Gasteiger partial charge >= 0.3 is 0 Å². The van der Waals surface area contributed by atoms with Gasteiger partial charge < -0.3 is 19.8 Å². The maximum atomic E-state index is 10.9. The van der Waals surface area contributed by atoms with Crippen molar-refractivity contribution in [2.45, 2.75) is 64.5 Å². The lowest BCUT2D eigenvalue weighted by Crippen LogP contribution is -2.57. The SMILES string of the molecule is CCC(O)(NC(C)(C)C)Oc1ccccc1C(O)CCc1ccc(N(C)C)cc1. The Kier molecular flexibility index (Phi) is 7.69. The second-order valence-electron chi connectivity index (χ2n) is 8.77. The van der Waals surface area contributed by atoms with Crippen molar-refractivity contribution in [3.63, 3.8) is 0 Å². The smallest absolute Gasteiger partial charge is 0.268 e. The van der Waals surface area contributed by atoms with Gasteiger partial charge in [-0.2, -0.15) is 0 Å². The van der Waals surface area contributed by atoms with E-state index in [2.05, 4.69) is 34.5 Å². The molecule has 0 fully saturated rings. The van der Waals surface area contributed by atoms with Crippen LogP contribution in [0.15, 0.2) is 48.5 Å². The second kappa shape index (κ2) is 9.61. The predicted molar refractivity (Wildman–Crippen MR) is 119 cm³/mol. The molecule has 2 rings (SSSR count). The summed E-state index contributed by atoms with van der Waals surface area (Å²) in [7, 11) is 4.03. The highest BCUT2D eigenvalue weighted by Gasteiger charge is 2.32. The molecule has 0 aromatic heterocycles. The first-order valence-electron chi connectivity index (χ1n) is 10.3.